The van der Waals surface area contributed by atoms with E-state index in [4.69, 9.17) is 0 Å². The number of ketones is 1. The van der Waals surface area contributed by atoms with Crippen molar-refractivity contribution in [1.29, 1.82) is 0 Å². The van der Waals surface area contributed by atoms with Crippen LogP contribution in [0.25, 0.3) is 0 Å². The molecule has 1 rings (SSSR count). The van der Waals surface area contributed by atoms with Crippen LogP contribution in [0.2, 0.25) is 0 Å². The van der Waals surface area contributed by atoms with Crippen molar-refractivity contribution in [3.63, 3.8) is 0 Å². The summed E-state index contributed by atoms with van der Waals surface area (Å²) in [7, 11) is 0. The van der Waals surface area contributed by atoms with E-state index in [0.717, 1.165) is 5.56 Å². The van der Waals surface area contributed by atoms with E-state index in [-0.39, 0.29) is 4.75 Å². The monoisotopic (exact) mass is 222 g/mol. The van der Waals surface area contributed by atoms with Gasteiger partial charge in [0.2, 0.25) is 0 Å². The first-order valence-corrected chi connectivity index (χ1v) is 6.15. The molecule has 0 saturated carbocycles. The summed E-state index contributed by atoms with van der Waals surface area (Å²) in [5.41, 5.74) is 1.11. The first-order valence-electron chi connectivity index (χ1n) is 5.17. The second-order valence-corrected chi connectivity index (χ2v) is 6.40. The summed E-state index contributed by atoms with van der Waals surface area (Å²) >= 11 is 1.71. The fourth-order valence-electron chi connectivity index (χ4n) is 1.17. The number of thioether (sulfide) groups is 1. The fourth-order valence-corrected chi connectivity index (χ4v) is 1.87. The molecule has 0 aliphatic rings. The van der Waals surface area contributed by atoms with Gasteiger partial charge in [-0.3, -0.25) is 4.79 Å². The number of hydrogen-bond acceptors (Lipinski definition) is 2. The third kappa shape index (κ3) is 5.63. The number of Topliss-reactive ketones (excluding diaryl/α,β-unsaturated/α-hetero) is 1. The number of hydrogen-bond donors (Lipinski definition) is 0. The Hall–Kier alpha value is -0.760. The molecule has 2 heteroatoms. The van der Waals surface area contributed by atoms with Crippen LogP contribution in [0.4, 0.5) is 0 Å². The van der Waals surface area contributed by atoms with Crippen molar-refractivity contribution >= 4 is 17.5 Å². The van der Waals surface area contributed by atoms with Crippen molar-refractivity contribution in [2.24, 2.45) is 0 Å². The van der Waals surface area contributed by atoms with E-state index < -0.39 is 0 Å². The summed E-state index contributed by atoms with van der Waals surface area (Å²) < 4.78 is 0.173. The highest BCUT2D eigenvalue weighted by atomic mass is 32.2. The van der Waals surface area contributed by atoms with E-state index >= 15 is 0 Å². The van der Waals surface area contributed by atoms with Gasteiger partial charge in [0.05, 0.1) is 5.75 Å². The maximum atomic E-state index is 11.6. The topological polar surface area (TPSA) is 17.1 Å². The molecule has 0 aromatic heterocycles. The van der Waals surface area contributed by atoms with Crippen LogP contribution >= 0.6 is 11.8 Å². The molecule has 0 fully saturated rings. The van der Waals surface area contributed by atoms with Crippen LogP contribution < -0.4 is 0 Å². The number of rotatable bonds is 4. The van der Waals surface area contributed by atoms with Crippen molar-refractivity contribution in [1.82, 2.24) is 0 Å². The maximum absolute atomic E-state index is 11.6. The van der Waals surface area contributed by atoms with E-state index in [1.165, 1.54) is 0 Å². The van der Waals surface area contributed by atoms with Gasteiger partial charge in [-0.05, 0) is 5.56 Å². The van der Waals surface area contributed by atoms with Gasteiger partial charge in [0, 0.05) is 11.2 Å². The van der Waals surface area contributed by atoms with Gasteiger partial charge in [-0.2, -0.15) is 0 Å². The molecule has 82 valence electrons. The Morgan fingerprint density at radius 1 is 1.20 bits per heavy atom. The fraction of sp³-hybridized carbons (Fsp3) is 0.462. The van der Waals surface area contributed by atoms with Gasteiger partial charge in [-0.25, -0.2) is 0 Å². The van der Waals surface area contributed by atoms with Gasteiger partial charge < -0.3 is 0 Å². The van der Waals surface area contributed by atoms with Crippen molar-refractivity contribution < 1.29 is 4.79 Å². The SMILES string of the molecule is CC(C)(C)SCC(=O)Cc1ccccc1. The number of benzene rings is 1. The molecule has 1 nitrogen and oxygen atoms in total. The molecule has 0 saturated heterocycles. The average Bonchev–Trinajstić information content (AvgIpc) is 2.15. The first-order chi connectivity index (χ1) is 6.97. The third-order valence-electron chi connectivity index (χ3n) is 1.91. The van der Waals surface area contributed by atoms with Crippen LogP contribution in [-0.2, 0) is 11.2 Å². The van der Waals surface area contributed by atoms with Crippen LogP contribution in [-0.4, -0.2) is 16.3 Å². The third-order valence-corrected chi connectivity index (χ3v) is 3.24. The predicted molar refractivity (Wildman–Crippen MR) is 67.4 cm³/mol. The first kappa shape index (κ1) is 12.3. The molecule has 1 aromatic carbocycles. The van der Waals surface area contributed by atoms with Crippen molar-refractivity contribution in [2.75, 3.05) is 5.75 Å². The molecule has 0 aliphatic carbocycles. The second-order valence-electron chi connectivity index (χ2n) is 4.60. The summed E-state index contributed by atoms with van der Waals surface area (Å²) in [4.78, 5) is 11.6. The molecule has 0 atom stereocenters. The predicted octanol–water partition coefficient (Wildman–Crippen LogP) is 3.33. The Kier molecular flexibility index (Phi) is 4.40. The second kappa shape index (κ2) is 5.36. The molecule has 0 heterocycles. The van der Waals surface area contributed by atoms with Gasteiger partial charge >= 0.3 is 0 Å². The van der Waals surface area contributed by atoms with Gasteiger partial charge in [0.25, 0.3) is 0 Å². The van der Waals surface area contributed by atoms with E-state index in [1.807, 2.05) is 30.3 Å². The minimum Gasteiger partial charge on any atom is -0.298 e. The minimum atomic E-state index is 0.173. The summed E-state index contributed by atoms with van der Waals surface area (Å²) in [6, 6.07) is 9.91. The van der Waals surface area contributed by atoms with E-state index in [1.54, 1.807) is 11.8 Å². The summed E-state index contributed by atoms with van der Waals surface area (Å²) in [6.07, 6.45) is 0.559. The van der Waals surface area contributed by atoms with Gasteiger partial charge in [-0.15, -0.1) is 11.8 Å². The van der Waals surface area contributed by atoms with E-state index in [0.29, 0.717) is 18.0 Å². The summed E-state index contributed by atoms with van der Waals surface area (Å²) in [6.45, 7) is 6.40. The van der Waals surface area contributed by atoms with Crippen molar-refractivity contribution in [3.05, 3.63) is 35.9 Å². The Morgan fingerprint density at radius 2 is 1.80 bits per heavy atom. The van der Waals surface area contributed by atoms with Crippen LogP contribution in [0, 0.1) is 0 Å². The van der Waals surface area contributed by atoms with E-state index in [9.17, 15) is 4.79 Å². The van der Waals surface area contributed by atoms with Gasteiger partial charge in [0.15, 0.2) is 0 Å². The van der Waals surface area contributed by atoms with Crippen LogP contribution in [0.1, 0.15) is 26.3 Å². The quantitative estimate of drug-likeness (QED) is 0.777. The molecule has 1 aromatic rings. The Labute approximate surface area is 96.3 Å². The molecule has 0 amide bonds. The van der Waals surface area contributed by atoms with Crippen molar-refractivity contribution in [3.8, 4) is 0 Å². The Morgan fingerprint density at radius 3 is 2.33 bits per heavy atom. The van der Waals surface area contributed by atoms with Crippen LogP contribution in [0.5, 0.6) is 0 Å². The Bertz CT molecular complexity index is 311. The van der Waals surface area contributed by atoms with Crippen LogP contribution in [0.15, 0.2) is 30.3 Å². The molecule has 0 bridgehead atoms. The lowest BCUT2D eigenvalue weighted by atomic mass is 10.1. The number of carbonyl (C=O) groups is 1. The molecule has 0 unspecified atom stereocenters. The highest BCUT2D eigenvalue weighted by Gasteiger charge is 2.13. The normalized spacial score (nSPS) is 11.4. The lowest BCUT2D eigenvalue weighted by molar-refractivity contribution is -0.116. The number of carbonyl (C=O) groups excluding carboxylic acids is 1. The largest absolute Gasteiger partial charge is 0.298 e. The molecule has 0 aliphatic heterocycles. The molecule has 15 heavy (non-hydrogen) atoms. The zero-order valence-corrected chi connectivity index (χ0v) is 10.4. The molecular weight excluding hydrogens is 204 g/mol. The minimum absolute atomic E-state index is 0.173. The zero-order chi connectivity index (χ0) is 11.3. The standard InChI is InChI=1S/C13H18OS/c1-13(2,3)15-10-12(14)9-11-7-5-4-6-8-11/h4-8H,9-10H2,1-3H3. The Balaban J connectivity index is 2.38. The molecule has 0 N–H and O–H groups in total. The molecule has 0 radical (unpaired) electrons. The van der Waals surface area contributed by atoms with Crippen LogP contribution in [0.3, 0.4) is 0 Å². The maximum Gasteiger partial charge on any atom is 0.147 e. The highest BCUT2D eigenvalue weighted by molar-refractivity contribution is 8.01. The summed E-state index contributed by atoms with van der Waals surface area (Å²) in [5.74, 6) is 0.916. The zero-order valence-electron chi connectivity index (χ0n) is 9.62. The highest BCUT2D eigenvalue weighted by Crippen LogP contribution is 2.23. The average molecular weight is 222 g/mol. The smallest absolute Gasteiger partial charge is 0.147 e. The lowest BCUT2D eigenvalue weighted by Crippen LogP contribution is -2.14. The van der Waals surface area contributed by atoms with Gasteiger partial charge in [-0.1, -0.05) is 51.1 Å². The van der Waals surface area contributed by atoms with E-state index in [2.05, 4.69) is 20.8 Å². The lowest BCUT2D eigenvalue weighted by Gasteiger charge is -2.16. The van der Waals surface area contributed by atoms with Gasteiger partial charge in [0.1, 0.15) is 5.78 Å². The summed E-state index contributed by atoms with van der Waals surface area (Å²) in [5, 5.41) is 0. The molecular formula is C13H18OS. The molecule has 0 spiro atoms. The van der Waals surface area contributed by atoms with Crippen molar-refractivity contribution in [2.45, 2.75) is 31.9 Å².